The van der Waals surface area contributed by atoms with Gasteiger partial charge in [0.2, 0.25) is 11.6 Å². The number of nitrogens with zero attached hydrogens (tertiary/aromatic N) is 1. The highest BCUT2D eigenvalue weighted by Gasteiger charge is 2.20. The van der Waals surface area contributed by atoms with Crippen molar-refractivity contribution in [1.29, 1.82) is 0 Å². The molecular weight excluding hydrogens is 224 g/mol. The highest BCUT2D eigenvalue weighted by Crippen LogP contribution is 2.22. The highest BCUT2D eigenvalue weighted by atomic mass is 19.2. The average molecular weight is 236 g/mol. The third kappa shape index (κ3) is 2.84. The fraction of sp³-hybridized carbons (Fsp3) is 0.500. The molecule has 0 amide bonds. The third-order valence-corrected chi connectivity index (χ3v) is 2.02. The van der Waals surface area contributed by atoms with Gasteiger partial charge in [0, 0.05) is 6.54 Å². The van der Waals surface area contributed by atoms with Crippen molar-refractivity contribution in [3.05, 3.63) is 23.5 Å². The zero-order chi connectivity index (χ0) is 12.3. The molecule has 1 aromatic rings. The first-order valence-corrected chi connectivity index (χ1v) is 4.87. The largest absolute Gasteiger partial charge is 0.380 e. The fourth-order valence-corrected chi connectivity index (χ4v) is 1.13. The Morgan fingerprint density at radius 1 is 1.06 bits per heavy atom. The van der Waals surface area contributed by atoms with Gasteiger partial charge < -0.3 is 5.32 Å². The van der Waals surface area contributed by atoms with Gasteiger partial charge in [-0.05, 0) is 12.3 Å². The number of nitrogens with one attached hydrogen (secondary N) is 1. The SMILES string of the molecule is CC(C)CCNc1c(F)c(F)nc(F)c1F. The molecule has 1 heterocycles. The lowest BCUT2D eigenvalue weighted by atomic mass is 10.1. The maximum atomic E-state index is 13.1. The van der Waals surface area contributed by atoms with E-state index in [2.05, 4.69) is 10.3 Å². The Bertz CT molecular complexity index is 353. The van der Waals surface area contributed by atoms with Gasteiger partial charge in [-0.25, -0.2) is 0 Å². The summed E-state index contributed by atoms with van der Waals surface area (Å²) in [5, 5.41) is 2.32. The van der Waals surface area contributed by atoms with Crippen molar-refractivity contribution < 1.29 is 17.6 Å². The van der Waals surface area contributed by atoms with Gasteiger partial charge in [0.05, 0.1) is 0 Å². The van der Waals surface area contributed by atoms with E-state index >= 15 is 0 Å². The lowest BCUT2D eigenvalue weighted by Gasteiger charge is -2.10. The smallest absolute Gasteiger partial charge is 0.253 e. The average Bonchev–Trinajstić information content (AvgIpc) is 2.20. The maximum Gasteiger partial charge on any atom is 0.253 e. The molecular formula is C10H12F4N2. The Morgan fingerprint density at radius 3 is 2.00 bits per heavy atom. The van der Waals surface area contributed by atoms with E-state index in [1.165, 1.54) is 0 Å². The summed E-state index contributed by atoms with van der Waals surface area (Å²) in [5.41, 5.74) is -0.800. The van der Waals surface area contributed by atoms with Crippen molar-refractivity contribution in [3.63, 3.8) is 0 Å². The van der Waals surface area contributed by atoms with Crippen LogP contribution in [0.25, 0.3) is 0 Å². The van der Waals surface area contributed by atoms with Gasteiger partial charge in [-0.15, -0.1) is 0 Å². The molecule has 0 aromatic carbocycles. The van der Waals surface area contributed by atoms with Crippen molar-refractivity contribution in [2.75, 3.05) is 11.9 Å². The van der Waals surface area contributed by atoms with Gasteiger partial charge in [0.1, 0.15) is 5.69 Å². The van der Waals surface area contributed by atoms with E-state index in [0.717, 1.165) is 0 Å². The normalized spacial score (nSPS) is 10.9. The number of aromatic nitrogens is 1. The van der Waals surface area contributed by atoms with Crippen LogP contribution in [0.15, 0.2) is 0 Å². The quantitative estimate of drug-likeness (QED) is 0.641. The lowest BCUT2D eigenvalue weighted by Crippen LogP contribution is -2.11. The van der Waals surface area contributed by atoms with Gasteiger partial charge in [-0.1, -0.05) is 13.8 Å². The van der Waals surface area contributed by atoms with Gasteiger partial charge in [-0.2, -0.15) is 22.5 Å². The molecule has 0 bridgehead atoms. The predicted molar refractivity (Wildman–Crippen MR) is 52.0 cm³/mol. The molecule has 1 rings (SSSR count). The first kappa shape index (κ1) is 12.7. The number of halogens is 4. The Kier molecular flexibility index (Phi) is 4.09. The van der Waals surface area contributed by atoms with Gasteiger partial charge in [0.25, 0.3) is 11.9 Å². The minimum absolute atomic E-state index is 0.231. The lowest BCUT2D eigenvalue weighted by molar-refractivity contribution is 0.410. The molecule has 1 aromatic heterocycles. The zero-order valence-corrected chi connectivity index (χ0v) is 8.95. The molecule has 0 spiro atoms. The predicted octanol–water partition coefficient (Wildman–Crippen LogP) is 3.10. The summed E-state index contributed by atoms with van der Waals surface area (Å²) in [7, 11) is 0. The molecule has 0 fully saturated rings. The van der Waals surface area contributed by atoms with E-state index in [1.54, 1.807) is 0 Å². The Hall–Kier alpha value is -1.33. The molecule has 0 saturated heterocycles. The van der Waals surface area contributed by atoms with Crippen LogP contribution >= 0.6 is 0 Å². The second-order valence-corrected chi connectivity index (χ2v) is 3.81. The van der Waals surface area contributed by atoms with Crippen LogP contribution in [0.1, 0.15) is 20.3 Å². The van der Waals surface area contributed by atoms with Crippen LogP contribution < -0.4 is 5.32 Å². The minimum Gasteiger partial charge on any atom is -0.380 e. The molecule has 6 heteroatoms. The Labute approximate surface area is 90.7 Å². The fourth-order valence-electron chi connectivity index (χ4n) is 1.13. The molecule has 0 aliphatic heterocycles. The van der Waals surface area contributed by atoms with Gasteiger partial charge in [-0.3, -0.25) is 0 Å². The topological polar surface area (TPSA) is 24.9 Å². The molecule has 90 valence electrons. The summed E-state index contributed by atoms with van der Waals surface area (Å²) in [6, 6.07) is 0. The van der Waals surface area contributed by atoms with E-state index in [4.69, 9.17) is 0 Å². The van der Waals surface area contributed by atoms with E-state index in [9.17, 15) is 17.6 Å². The van der Waals surface area contributed by atoms with Crippen LogP contribution in [0, 0.1) is 29.4 Å². The number of rotatable bonds is 4. The zero-order valence-electron chi connectivity index (χ0n) is 8.95. The van der Waals surface area contributed by atoms with Crippen LogP contribution in [0.3, 0.4) is 0 Å². The van der Waals surface area contributed by atoms with Crippen LogP contribution in [0.4, 0.5) is 23.2 Å². The molecule has 0 aliphatic carbocycles. The molecule has 1 N–H and O–H groups in total. The second kappa shape index (κ2) is 5.14. The first-order valence-electron chi connectivity index (χ1n) is 4.87. The van der Waals surface area contributed by atoms with E-state index in [1.807, 2.05) is 13.8 Å². The van der Waals surface area contributed by atoms with Crippen molar-refractivity contribution in [2.45, 2.75) is 20.3 Å². The van der Waals surface area contributed by atoms with E-state index in [-0.39, 0.29) is 6.54 Å². The van der Waals surface area contributed by atoms with Crippen molar-refractivity contribution in [1.82, 2.24) is 4.98 Å². The van der Waals surface area contributed by atoms with Gasteiger partial charge in [0.15, 0.2) is 0 Å². The molecule has 0 saturated carbocycles. The summed E-state index contributed by atoms with van der Waals surface area (Å²) >= 11 is 0. The summed E-state index contributed by atoms with van der Waals surface area (Å²) < 4.78 is 51.5. The van der Waals surface area contributed by atoms with Crippen LogP contribution in [-0.2, 0) is 0 Å². The number of pyridine rings is 1. The number of anilines is 1. The van der Waals surface area contributed by atoms with Crippen molar-refractivity contribution in [2.24, 2.45) is 5.92 Å². The van der Waals surface area contributed by atoms with Gasteiger partial charge >= 0.3 is 0 Å². The Morgan fingerprint density at radius 2 is 1.56 bits per heavy atom. The second-order valence-electron chi connectivity index (χ2n) is 3.81. The van der Waals surface area contributed by atoms with Crippen LogP contribution in [0.2, 0.25) is 0 Å². The molecule has 0 radical (unpaired) electrons. The number of hydrogen-bond acceptors (Lipinski definition) is 2. The molecule has 16 heavy (non-hydrogen) atoms. The standard InChI is InChI=1S/C10H12F4N2/c1-5(2)3-4-15-8-6(11)9(13)16-10(14)7(8)12/h5H,3-4H2,1-2H3,(H,15,16). The summed E-state index contributed by atoms with van der Waals surface area (Å²) in [5.74, 6) is -5.97. The molecule has 0 unspecified atom stereocenters. The van der Waals surface area contributed by atoms with Crippen molar-refractivity contribution in [3.8, 4) is 0 Å². The molecule has 0 atom stereocenters. The summed E-state index contributed by atoms with van der Waals surface area (Å²) in [6.07, 6.45) is 0.629. The third-order valence-electron chi connectivity index (χ3n) is 2.02. The monoisotopic (exact) mass is 236 g/mol. The van der Waals surface area contributed by atoms with E-state index < -0.39 is 29.2 Å². The molecule has 2 nitrogen and oxygen atoms in total. The van der Waals surface area contributed by atoms with E-state index in [0.29, 0.717) is 12.3 Å². The summed E-state index contributed by atoms with van der Waals surface area (Å²) in [4.78, 5) is 2.45. The maximum absolute atomic E-state index is 13.1. The molecule has 0 aliphatic rings. The Balaban J connectivity index is 2.86. The first-order chi connectivity index (χ1) is 7.43. The highest BCUT2D eigenvalue weighted by molar-refractivity contribution is 5.45. The van der Waals surface area contributed by atoms with Crippen LogP contribution in [-0.4, -0.2) is 11.5 Å². The van der Waals surface area contributed by atoms with Crippen LogP contribution in [0.5, 0.6) is 0 Å². The number of hydrogen-bond donors (Lipinski definition) is 1. The van der Waals surface area contributed by atoms with Crippen molar-refractivity contribution >= 4 is 5.69 Å². The minimum atomic E-state index is -1.65. The summed E-state index contributed by atoms with van der Waals surface area (Å²) in [6.45, 7) is 4.07.